The third-order valence-electron chi connectivity index (χ3n) is 2.49. The highest BCUT2D eigenvalue weighted by atomic mass is 16.5. The van der Waals surface area contributed by atoms with Gasteiger partial charge in [0.15, 0.2) is 0 Å². The summed E-state index contributed by atoms with van der Waals surface area (Å²) in [6, 6.07) is 0. The zero-order valence-corrected chi connectivity index (χ0v) is 11.5. The van der Waals surface area contributed by atoms with Crippen LogP contribution in [0.25, 0.3) is 0 Å². The molecule has 98 valence electrons. The number of hydrogen-bond acceptors (Lipinski definition) is 3. The van der Waals surface area contributed by atoms with Crippen molar-refractivity contribution in [1.82, 2.24) is 14.9 Å². The van der Waals surface area contributed by atoms with Gasteiger partial charge >= 0.3 is 0 Å². The summed E-state index contributed by atoms with van der Waals surface area (Å²) in [5.74, 6) is 0. The van der Waals surface area contributed by atoms with Gasteiger partial charge in [-0.1, -0.05) is 0 Å². The summed E-state index contributed by atoms with van der Waals surface area (Å²) >= 11 is 0. The predicted octanol–water partition coefficient (Wildman–Crippen LogP) is 2.20. The van der Waals surface area contributed by atoms with Crippen LogP contribution in [0.15, 0.2) is 12.5 Å². The van der Waals surface area contributed by atoms with Crippen LogP contribution in [-0.4, -0.2) is 28.3 Å². The highest BCUT2D eigenvalue weighted by Gasteiger charge is 2.10. The first-order chi connectivity index (χ1) is 8.03. The highest BCUT2D eigenvalue weighted by molar-refractivity contribution is 4.98. The van der Waals surface area contributed by atoms with E-state index in [1.54, 1.807) is 0 Å². The molecule has 1 heterocycles. The van der Waals surface area contributed by atoms with E-state index in [2.05, 4.69) is 35.6 Å². The number of nitrogens with one attached hydrogen (secondary N) is 1. The Kier molecular flexibility index (Phi) is 5.65. The first-order valence-electron chi connectivity index (χ1n) is 6.34. The molecular weight excluding hydrogens is 214 g/mol. The smallest absolute Gasteiger partial charge is 0.0948 e. The van der Waals surface area contributed by atoms with Crippen molar-refractivity contribution in [3.63, 3.8) is 0 Å². The van der Waals surface area contributed by atoms with E-state index in [0.717, 1.165) is 32.7 Å². The number of rotatable bonds is 7. The number of imidazole rings is 1. The number of aromatic nitrogens is 2. The van der Waals surface area contributed by atoms with E-state index in [-0.39, 0.29) is 5.54 Å². The molecule has 0 atom stereocenters. The van der Waals surface area contributed by atoms with Gasteiger partial charge in [0.2, 0.25) is 0 Å². The Balaban J connectivity index is 2.37. The van der Waals surface area contributed by atoms with Crippen LogP contribution in [0.3, 0.4) is 0 Å². The molecule has 0 aliphatic carbocycles. The molecule has 0 bridgehead atoms. The summed E-state index contributed by atoms with van der Waals surface area (Å²) < 4.78 is 7.53. The van der Waals surface area contributed by atoms with Gasteiger partial charge in [0, 0.05) is 38.0 Å². The fraction of sp³-hybridized carbons (Fsp3) is 0.769. The summed E-state index contributed by atoms with van der Waals surface area (Å²) in [5.41, 5.74) is 1.37. The van der Waals surface area contributed by atoms with Crippen molar-refractivity contribution in [2.45, 2.75) is 52.7 Å². The Morgan fingerprint density at radius 3 is 2.82 bits per heavy atom. The third kappa shape index (κ3) is 5.84. The summed E-state index contributed by atoms with van der Waals surface area (Å²) in [6.07, 6.45) is 4.86. The fourth-order valence-corrected chi connectivity index (χ4v) is 1.53. The van der Waals surface area contributed by atoms with Crippen molar-refractivity contribution in [1.29, 1.82) is 0 Å². The van der Waals surface area contributed by atoms with E-state index in [9.17, 15) is 0 Å². The quantitative estimate of drug-likeness (QED) is 0.741. The van der Waals surface area contributed by atoms with E-state index in [0.29, 0.717) is 0 Å². The van der Waals surface area contributed by atoms with E-state index < -0.39 is 0 Å². The Morgan fingerprint density at radius 2 is 2.18 bits per heavy atom. The van der Waals surface area contributed by atoms with Gasteiger partial charge in [0.25, 0.3) is 0 Å². The number of aryl methyl sites for hydroxylation is 1. The molecule has 1 aromatic rings. The lowest BCUT2D eigenvalue weighted by atomic mass is 10.1. The van der Waals surface area contributed by atoms with Gasteiger partial charge in [-0.2, -0.15) is 0 Å². The Morgan fingerprint density at radius 1 is 1.41 bits per heavy atom. The number of hydrogen-bond donors (Lipinski definition) is 1. The maximum Gasteiger partial charge on any atom is 0.0948 e. The van der Waals surface area contributed by atoms with Crippen LogP contribution in [0.2, 0.25) is 0 Å². The van der Waals surface area contributed by atoms with Crippen LogP contribution in [0.5, 0.6) is 0 Å². The first kappa shape index (κ1) is 14.2. The molecule has 0 aromatic carbocycles. The second kappa shape index (κ2) is 6.77. The average Bonchev–Trinajstić information content (AvgIpc) is 2.68. The monoisotopic (exact) mass is 239 g/mol. The SMILES string of the molecule is CCOCCCn1cncc1CNC(C)(C)C. The van der Waals surface area contributed by atoms with E-state index >= 15 is 0 Å². The molecule has 4 nitrogen and oxygen atoms in total. The minimum atomic E-state index is 0.139. The fourth-order valence-electron chi connectivity index (χ4n) is 1.53. The zero-order chi connectivity index (χ0) is 12.7. The van der Waals surface area contributed by atoms with Gasteiger partial charge in [-0.3, -0.25) is 0 Å². The number of ether oxygens (including phenoxy) is 1. The lowest BCUT2D eigenvalue weighted by molar-refractivity contribution is 0.141. The molecule has 0 fully saturated rings. The lowest BCUT2D eigenvalue weighted by Crippen LogP contribution is -2.35. The first-order valence-corrected chi connectivity index (χ1v) is 6.34. The van der Waals surface area contributed by atoms with Crippen LogP contribution in [0.1, 0.15) is 39.8 Å². The minimum absolute atomic E-state index is 0.139. The van der Waals surface area contributed by atoms with Crippen LogP contribution < -0.4 is 5.32 Å². The number of nitrogens with zero attached hydrogens (tertiary/aromatic N) is 2. The highest BCUT2D eigenvalue weighted by Crippen LogP contribution is 2.05. The van der Waals surface area contributed by atoms with Crippen LogP contribution >= 0.6 is 0 Å². The molecule has 17 heavy (non-hydrogen) atoms. The third-order valence-corrected chi connectivity index (χ3v) is 2.49. The minimum Gasteiger partial charge on any atom is -0.382 e. The zero-order valence-electron chi connectivity index (χ0n) is 11.5. The normalized spacial score (nSPS) is 12.0. The molecule has 0 aliphatic heterocycles. The molecule has 0 saturated carbocycles. The van der Waals surface area contributed by atoms with Crippen LogP contribution in [0.4, 0.5) is 0 Å². The van der Waals surface area contributed by atoms with Gasteiger partial charge in [0.05, 0.1) is 12.0 Å². The van der Waals surface area contributed by atoms with Crippen LogP contribution in [-0.2, 0) is 17.8 Å². The maximum absolute atomic E-state index is 5.34. The molecule has 0 spiro atoms. The van der Waals surface area contributed by atoms with Gasteiger partial charge in [-0.25, -0.2) is 4.98 Å². The van der Waals surface area contributed by atoms with Gasteiger partial charge in [0.1, 0.15) is 0 Å². The van der Waals surface area contributed by atoms with Crippen molar-refractivity contribution in [3.05, 3.63) is 18.2 Å². The van der Waals surface area contributed by atoms with Crippen molar-refractivity contribution in [2.75, 3.05) is 13.2 Å². The molecule has 0 radical (unpaired) electrons. The standard InChI is InChI=1S/C13H25N3O/c1-5-17-8-6-7-16-11-14-9-12(16)10-15-13(2,3)4/h9,11,15H,5-8,10H2,1-4H3. The van der Waals surface area contributed by atoms with Gasteiger partial charge in [-0.15, -0.1) is 0 Å². The van der Waals surface area contributed by atoms with Gasteiger partial charge in [-0.05, 0) is 34.1 Å². The summed E-state index contributed by atoms with van der Waals surface area (Å²) in [7, 11) is 0. The van der Waals surface area contributed by atoms with Gasteiger partial charge < -0.3 is 14.6 Å². The topological polar surface area (TPSA) is 39.1 Å². The van der Waals surface area contributed by atoms with E-state index in [1.807, 2.05) is 19.4 Å². The molecule has 4 heteroatoms. The Labute approximate surface area is 104 Å². The lowest BCUT2D eigenvalue weighted by Gasteiger charge is -2.20. The molecule has 0 unspecified atom stereocenters. The largest absolute Gasteiger partial charge is 0.382 e. The molecule has 0 saturated heterocycles. The molecule has 1 N–H and O–H groups in total. The van der Waals surface area contributed by atoms with Crippen molar-refractivity contribution in [2.24, 2.45) is 0 Å². The summed E-state index contributed by atoms with van der Waals surface area (Å²) in [6.45, 7) is 12.0. The van der Waals surface area contributed by atoms with Crippen molar-refractivity contribution < 1.29 is 4.74 Å². The molecular formula is C13H25N3O. The summed E-state index contributed by atoms with van der Waals surface area (Å²) in [4.78, 5) is 4.20. The van der Waals surface area contributed by atoms with Crippen LogP contribution in [0, 0.1) is 0 Å². The van der Waals surface area contributed by atoms with Crippen molar-refractivity contribution >= 4 is 0 Å². The predicted molar refractivity (Wildman–Crippen MR) is 69.9 cm³/mol. The molecule has 1 aromatic heterocycles. The van der Waals surface area contributed by atoms with E-state index in [4.69, 9.17) is 4.74 Å². The average molecular weight is 239 g/mol. The second-order valence-electron chi connectivity index (χ2n) is 5.23. The molecule has 1 rings (SSSR count). The maximum atomic E-state index is 5.34. The van der Waals surface area contributed by atoms with Crippen molar-refractivity contribution in [3.8, 4) is 0 Å². The Hall–Kier alpha value is -0.870. The molecule has 0 aliphatic rings. The Bertz CT molecular complexity index is 315. The van der Waals surface area contributed by atoms with E-state index in [1.165, 1.54) is 5.69 Å². The summed E-state index contributed by atoms with van der Waals surface area (Å²) in [5, 5.41) is 3.47. The molecule has 0 amide bonds. The second-order valence-corrected chi connectivity index (χ2v) is 5.23.